The van der Waals surface area contributed by atoms with Gasteiger partial charge >= 0.3 is 0 Å². The quantitative estimate of drug-likeness (QED) is 0.888. The minimum atomic E-state index is 0.265. The van der Waals surface area contributed by atoms with Gasteiger partial charge in [-0.15, -0.1) is 0 Å². The lowest BCUT2D eigenvalue weighted by Crippen LogP contribution is -2.21. The Morgan fingerprint density at radius 2 is 2.08 bits per heavy atom. The summed E-state index contributed by atoms with van der Waals surface area (Å²) in [5, 5.41) is 3.69. The zero-order valence-electron chi connectivity index (χ0n) is 15.4. The van der Waals surface area contributed by atoms with Gasteiger partial charge in [-0.2, -0.15) is 0 Å². The van der Waals surface area contributed by atoms with E-state index in [1.165, 1.54) is 24.0 Å². The molecule has 2 aliphatic heterocycles. The fraction of sp³-hybridized carbons (Fsp3) is 0.476. The van der Waals surface area contributed by atoms with E-state index in [0.717, 1.165) is 56.4 Å². The summed E-state index contributed by atoms with van der Waals surface area (Å²) in [5.41, 5.74) is 2.39. The summed E-state index contributed by atoms with van der Waals surface area (Å²) in [5.74, 6) is 2.94. The summed E-state index contributed by atoms with van der Waals surface area (Å²) < 4.78 is 11.3. The largest absolute Gasteiger partial charge is 0.497 e. The molecule has 138 valence electrons. The van der Waals surface area contributed by atoms with Gasteiger partial charge in [0.2, 0.25) is 0 Å². The molecular formula is C21H27N3O2. The molecule has 0 spiro atoms. The molecule has 0 aliphatic carbocycles. The number of fused-ring (bicyclic) bond motifs is 1. The summed E-state index contributed by atoms with van der Waals surface area (Å²) in [6, 6.07) is 10.7. The number of methoxy groups -OCH3 is 1. The number of aromatic nitrogens is 1. The lowest BCUT2D eigenvalue weighted by molar-refractivity contribution is 0.314. The van der Waals surface area contributed by atoms with Crippen LogP contribution in [0.25, 0.3) is 0 Å². The van der Waals surface area contributed by atoms with Gasteiger partial charge in [-0.3, -0.25) is 0 Å². The number of anilines is 1. The standard InChI is InChI=1S/C21H27N3O2/c1-25-17-7-8-20-18(13-17)19(5-4-12-26-20)22-14-16-6-9-21(23-15-16)24-10-2-3-11-24/h6-9,13,15,19,22H,2-5,10-12,14H2,1H3. The average Bonchev–Trinajstić information content (AvgIpc) is 3.15. The third kappa shape index (κ3) is 3.78. The highest BCUT2D eigenvalue weighted by molar-refractivity contribution is 5.43. The van der Waals surface area contributed by atoms with Gasteiger partial charge in [-0.25, -0.2) is 4.98 Å². The van der Waals surface area contributed by atoms with Crippen molar-refractivity contribution in [2.75, 3.05) is 31.7 Å². The molecule has 2 aliphatic rings. The first-order valence-corrected chi connectivity index (χ1v) is 9.57. The molecule has 1 atom stereocenters. The molecule has 4 rings (SSSR count). The molecule has 0 radical (unpaired) electrons. The Balaban J connectivity index is 1.44. The van der Waals surface area contributed by atoms with Crippen LogP contribution < -0.4 is 19.7 Å². The van der Waals surface area contributed by atoms with Gasteiger partial charge in [0.1, 0.15) is 17.3 Å². The smallest absolute Gasteiger partial charge is 0.128 e. The zero-order valence-corrected chi connectivity index (χ0v) is 15.4. The van der Waals surface area contributed by atoms with Gasteiger partial charge in [-0.05, 0) is 55.5 Å². The molecule has 1 aromatic carbocycles. The monoisotopic (exact) mass is 353 g/mol. The van der Waals surface area contributed by atoms with Crippen LogP contribution >= 0.6 is 0 Å². The van der Waals surface area contributed by atoms with Crippen LogP contribution in [0.2, 0.25) is 0 Å². The van der Waals surface area contributed by atoms with Crippen LogP contribution in [-0.2, 0) is 6.54 Å². The Labute approximate surface area is 155 Å². The molecule has 1 saturated heterocycles. The third-order valence-corrected chi connectivity index (χ3v) is 5.28. The molecule has 26 heavy (non-hydrogen) atoms. The average molecular weight is 353 g/mol. The zero-order chi connectivity index (χ0) is 17.8. The second-order valence-corrected chi connectivity index (χ2v) is 7.05. The number of nitrogens with zero attached hydrogens (tertiary/aromatic N) is 2. The van der Waals surface area contributed by atoms with Crippen molar-refractivity contribution >= 4 is 5.82 Å². The van der Waals surface area contributed by atoms with Crippen LogP contribution in [0.15, 0.2) is 36.5 Å². The predicted molar refractivity (Wildman–Crippen MR) is 103 cm³/mol. The van der Waals surface area contributed by atoms with E-state index in [9.17, 15) is 0 Å². The summed E-state index contributed by atoms with van der Waals surface area (Å²) in [6.45, 7) is 3.83. The first-order chi connectivity index (χ1) is 12.8. The SMILES string of the molecule is COc1ccc2c(c1)C(NCc1ccc(N3CCCC3)nc1)CCCO2. The van der Waals surface area contributed by atoms with E-state index in [4.69, 9.17) is 9.47 Å². The van der Waals surface area contributed by atoms with E-state index < -0.39 is 0 Å². The van der Waals surface area contributed by atoms with Crippen molar-refractivity contribution in [3.63, 3.8) is 0 Å². The van der Waals surface area contributed by atoms with E-state index in [1.54, 1.807) is 7.11 Å². The summed E-state index contributed by atoms with van der Waals surface area (Å²) in [7, 11) is 1.70. The highest BCUT2D eigenvalue weighted by Gasteiger charge is 2.20. The first kappa shape index (κ1) is 17.2. The number of benzene rings is 1. The van der Waals surface area contributed by atoms with E-state index >= 15 is 0 Å². The molecule has 1 aromatic heterocycles. The van der Waals surface area contributed by atoms with Crippen molar-refractivity contribution in [1.82, 2.24) is 10.3 Å². The van der Waals surface area contributed by atoms with Crippen LogP contribution in [0, 0.1) is 0 Å². The maximum Gasteiger partial charge on any atom is 0.128 e. The fourth-order valence-corrected chi connectivity index (χ4v) is 3.79. The van der Waals surface area contributed by atoms with Gasteiger partial charge in [0.15, 0.2) is 0 Å². The Hall–Kier alpha value is -2.27. The van der Waals surface area contributed by atoms with Crippen LogP contribution in [0.4, 0.5) is 5.82 Å². The molecule has 5 heteroatoms. The molecule has 0 saturated carbocycles. The molecule has 2 aromatic rings. The molecule has 5 nitrogen and oxygen atoms in total. The Bertz CT molecular complexity index is 727. The van der Waals surface area contributed by atoms with Crippen molar-refractivity contribution in [3.05, 3.63) is 47.7 Å². The third-order valence-electron chi connectivity index (χ3n) is 5.28. The Kier molecular flexibility index (Phi) is 5.25. The van der Waals surface area contributed by atoms with E-state index in [-0.39, 0.29) is 6.04 Å². The predicted octanol–water partition coefficient (Wildman–Crippen LogP) is 3.69. The molecule has 1 fully saturated rings. The maximum atomic E-state index is 5.89. The number of hydrogen-bond donors (Lipinski definition) is 1. The van der Waals surface area contributed by atoms with Gasteiger partial charge in [0, 0.05) is 37.4 Å². The van der Waals surface area contributed by atoms with Gasteiger partial charge in [-0.1, -0.05) is 6.07 Å². The molecule has 0 bridgehead atoms. The molecule has 3 heterocycles. The van der Waals surface area contributed by atoms with Crippen molar-refractivity contribution < 1.29 is 9.47 Å². The van der Waals surface area contributed by atoms with E-state index in [1.807, 2.05) is 18.3 Å². The minimum absolute atomic E-state index is 0.265. The number of nitrogens with one attached hydrogen (secondary N) is 1. The Morgan fingerprint density at radius 3 is 2.85 bits per heavy atom. The number of pyridine rings is 1. The number of rotatable bonds is 5. The van der Waals surface area contributed by atoms with E-state index in [0.29, 0.717) is 0 Å². The van der Waals surface area contributed by atoms with Crippen LogP contribution in [-0.4, -0.2) is 31.8 Å². The maximum absolute atomic E-state index is 5.89. The second kappa shape index (κ2) is 7.96. The fourth-order valence-electron chi connectivity index (χ4n) is 3.79. The van der Waals surface area contributed by atoms with Crippen molar-refractivity contribution in [3.8, 4) is 11.5 Å². The van der Waals surface area contributed by atoms with Gasteiger partial charge in [0.05, 0.1) is 13.7 Å². The van der Waals surface area contributed by atoms with Crippen LogP contribution in [0.1, 0.15) is 42.9 Å². The van der Waals surface area contributed by atoms with Gasteiger partial charge < -0.3 is 19.7 Å². The number of ether oxygens (including phenoxy) is 2. The lowest BCUT2D eigenvalue weighted by atomic mass is 10.0. The molecule has 0 amide bonds. The summed E-state index contributed by atoms with van der Waals surface area (Å²) in [6.07, 6.45) is 6.65. The number of hydrogen-bond acceptors (Lipinski definition) is 5. The van der Waals surface area contributed by atoms with Crippen LogP contribution in [0.3, 0.4) is 0 Å². The minimum Gasteiger partial charge on any atom is -0.497 e. The Morgan fingerprint density at radius 1 is 1.19 bits per heavy atom. The van der Waals surface area contributed by atoms with Crippen LogP contribution in [0.5, 0.6) is 11.5 Å². The van der Waals surface area contributed by atoms with E-state index in [2.05, 4.69) is 33.4 Å². The van der Waals surface area contributed by atoms with Crippen molar-refractivity contribution in [1.29, 1.82) is 0 Å². The molecular weight excluding hydrogens is 326 g/mol. The summed E-state index contributed by atoms with van der Waals surface area (Å²) >= 11 is 0. The topological polar surface area (TPSA) is 46.6 Å². The summed E-state index contributed by atoms with van der Waals surface area (Å²) in [4.78, 5) is 7.02. The lowest BCUT2D eigenvalue weighted by Gasteiger charge is -2.20. The highest BCUT2D eigenvalue weighted by Crippen LogP contribution is 2.34. The first-order valence-electron chi connectivity index (χ1n) is 9.57. The van der Waals surface area contributed by atoms with Gasteiger partial charge in [0.25, 0.3) is 0 Å². The van der Waals surface area contributed by atoms with Crippen molar-refractivity contribution in [2.24, 2.45) is 0 Å². The highest BCUT2D eigenvalue weighted by atomic mass is 16.5. The second-order valence-electron chi connectivity index (χ2n) is 7.05. The molecule has 1 N–H and O–H groups in total. The molecule has 1 unspecified atom stereocenters. The van der Waals surface area contributed by atoms with Crippen molar-refractivity contribution in [2.45, 2.75) is 38.3 Å². The normalized spacial score (nSPS) is 19.6.